The number of anilines is 1. The highest BCUT2D eigenvalue weighted by Gasteiger charge is 2.23. The van der Waals surface area contributed by atoms with Crippen LogP contribution in [0.1, 0.15) is 25.3 Å². The normalized spacial score (nSPS) is 16.0. The maximum Gasteiger partial charge on any atom is 0.226 e. The Labute approximate surface area is 158 Å². The van der Waals surface area contributed by atoms with Crippen LogP contribution in [0.2, 0.25) is 5.02 Å². The molecule has 1 N–H and O–H groups in total. The molecule has 0 unspecified atom stereocenters. The van der Waals surface area contributed by atoms with Crippen LogP contribution in [0.4, 0.5) is 5.95 Å². The molecule has 0 saturated carbocycles. The highest BCUT2D eigenvalue weighted by molar-refractivity contribution is 7.88. The van der Waals surface area contributed by atoms with Crippen molar-refractivity contribution in [3.8, 4) is 11.4 Å². The van der Waals surface area contributed by atoms with Gasteiger partial charge < -0.3 is 4.90 Å². The molecule has 0 radical (unpaired) electrons. The molecule has 0 atom stereocenters. The molecule has 3 rings (SSSR count). The summed E-state index contributed by atoms with van der Waals surface area (Å²) in [6, 6.07) is 3.89. The van der Waals surface area contributed by atoms with Crippen LogP contribution in [-0.2, 0) is 16.4 Å². The molecular weight excluding hydrogens is 374 g/mol. The van der Waals surface area contributed by atoms with E-state index < -0.39 is 10.0 Å². The summed E-state index contributed by atoms with van der Waals surface area (Å²) in [5, 5.41) is 0.458. The first kappa shape index (κ1) is 19.0. The van der Waals surface area contributed by atoms with Gasteiger partial charge in [0, 0.05) is 25.3 Å². The Balaban J connectivity index is 1.75. The number of pyridine rings is 1. The van der Waals surface area contributed by atoms with Gasteiger partial charge in [-0.1, -0.05) is 24.6 Å². The fourth-order valence-electron chi connectivity index (χ4n) is 2.96. The number of hydrogen-bond donors (Lipinski definition) is 1. The van der Waals surface area contributed by atoms with Crippen molar-refractivity contribution >= 4 is 27.6 Å². The Kier molecular flexibility index (Phi) is 5.74. The number of rotatable bonds is 5. The summed E-state index contributed by atoms with van der Waals surface area (Å²) in [5.74, 6) is 0.587. The SMILES string of the molecule is CCc1ccc(-c2nc(N3CCC(NS(C)(=O)=O)CC3)ncc2Cl)nc1. The molecule has 140 valence electrons. The van der Waals surface area contributed by atoms with Crippen molar-refractivity contribution in [2.24, 2.45) is 0 Å². The zero-order chi connectivity index (χ0) is 18.7. The van der Waals surface area contributed by atoms with Crippen molar-refractivity contribution in [1.29, 1.82) is 0 Å². The van der Waals surface area contributed by atoms with E-state index in [1.807, 2.05) is 23.2 Å². The summed E-state index contributed by atoms with van der Waals surface area (Å²) >= 11 is 6.28. The van der Waals surface area contributed by atoms with E-state index in [1.54, 1.807) is 6.20 Å². The summed E-state index contributed by atoms with van der Waals surface area (Å²) in [7, 11) is -3.19. The number of piperidine rings is 1. The number of hydrogen-bond acceptors (Lipinski definition) is 6. The number of nitrogens with zero attached hydrogens (tertiary/aromatic N) is 4. The van der Waals surface area contributed by atoms with Gasteiger partial charge in [-0.2, -0.15) is 0 Å². The minimum atomic E-state index is -3.19. The minimum absolute atomic E-state index is 0.0451. The predicted octanol–water partition coefficient (Wildman–Crippen LogP) is 2.27. The lowest BCUT2D eigenvalue weighted by molar-refractivity contribution is 0.458. The molecule has 1 aliphatic heterocycles. The Morgan fingerprint density at radius 3 is 2.54 bits per heavy atom. The third-order valence-corrected chi connectivity index (χ3v) is 5.40. The second-order valence-corrected chi connectivity index (χ2v) is 8.61. The van der Waals surface area contributed by atoms with E-state index in [9.17, 15) is 8.42 Å². The average Bonchev–Trinajstić information content (AvgIpc) is 2.62. The Morgan fingerprint density at radius 2 is 1.96 bits per heavy atom. The summed E-state index contributed by atoms with van der Waals surface area (Å²) in [5.41, 5.74) is 2.47. The van der Waals surface area contributed by atoms with Crippen LogP contribution in [-0.4, -0.2) is 48.8 Å². The molecule has 2 aromatic rings. The molecular formula is C17H22ClN5O2S. The van der Waals surface area contributed by atoms with Crippen LogP contribution in [0.25, 0.3) is 11.4 Å². The zero-order valence-electron chi connectivity index (χ0n) is 14.8. The highest BCUT2D eigenvalue weighted by Crippen LogP contribution is 2.27. The Bertz CT molecular complexity index is 865. The third-order valence-electron chi connectivity index (χ3n) is 4.37. The molecule has 1 fully saturated rings. The number of halogens is 1. The maximum absolute atomic E-state index is 11.4. The fraction of sp³-hybridized carbons (Fsp3) is 0.471. The summed E-state index contributed by atoms with van der Waals surface area (Å²) in [6.45, 7) is 3.43. The van der Waals surface area contributed by atoms with Gasteiger partial charge >= 0.3 is 0 Å². The van der Waals surface area contributed by atoms with E-state index in [4.69, 9.17) is 11.6 Å². The molecule has 0 aliphatic carbocycles. The average molecular weight is 396 g/mol. The minimum Gasteiger partial charge on any atom is -0.341 e. The van der Waals surface area contributed by atoms with E-state index >= 15 is 0 Å². The molecule has 7 nitrogen and oxygen atoms in total. The lowest BCUT2D eigenvalue weighted by atomic mass is 10.1. The van der Waals surface area contributed by atoms with Gasteiger partial charge in [-0.05, 0) is 30.9 Å². The summed E-state index contributed by atoms with van der Waals surface area (Å²) in [4.78, 5) is 15.4. The van der Waals surface area contributed by atoms with Crippen LogP contribution < -0.4 is 9.62 Å². The van der Waals surface area contributed by atoms with Crippen molar-refractivity contribution in [3.05, 3.63) is 35.1 Å². The molecule has 0 aromatic carbocycles. The second kappa shape index (κ2) is 7.85. The van der Waals surface area contributed by atoms with Gasteiger partial charge in [0.2, 0.25) is 16.0 Å². The zero-order valence-corrected chi connectivity index (χ0v) is 16.4. The lowest BCUT2D eigenvalue weighted by Crippen LogP contribution is -2.44. The molecule has 0 bridgehead atoms. The van der Waals surface area contributed by atoms with Crippen molar-refractivity contribution in [1.82, 2.24) is 19.7 Å². The van der Waals surface area contributed by atoms with Crippen LogP contribution in [0.15, 0.2) is 24.5 Å². The van der Waals surface area contributed by atoms with Crippen molar-refractivity contribution in [2.45, 2.75) is 32.2 Å². The van der Waals surface area contributed by atoms with E-state index in [0.717, 1.165) is 12.0 Å². The monoisotopic (exact) mass is 395 g/mol. The lowest BCUT2D eigenvalue weighted by Gasteiger charge is -2.32. The molecule has 1 saturated heterocycles. The van der Waals surface area contributed by atoms with E-state index in [2.05, 4.69) is 26.6 Å². The number of nitrogens with one attached hydrogen (secondary N) is 1. The largest absolute Gasteiger partial charge is 0.341 e. The fourth-order valence-corrected chi connectivity index (χ4v) is 3.99. The highest BCUT2D eigenvalue weighted by atomic mass is 35.5. The topological polar surface area (TPSA) is 88.1 Å². The molecule has 3 heterocycles. The third kappa shape index (κ3) is 4.69. The number of sulfonamides is 1. The number of aromatic nitrogens is 3. The van der Waals surface area contributed by atoms with Crippen LogP contribution in [0.5, 0.6) is 0 Å². The van der Waals surface area contributed by atoms with Gasteiger partial charge in [0.15, 0.2) is 0 Å². The molecule has 0 amide bonds. The van der Waals surface area contributed by atoms with E-state index in [-0.39, 0.29) is 6.04 Å². The van der Waals surface area contributed by atoms with Crippen molar-refractivity contribution in [2.75, 3.05) is 24.2 Å². The molecule has 2 aromatic heterocycles. The molecule has 9 heteroatoms. The molecule has 1 aliphatic rings. The molecule has 0 spiro atoms. The quantitative estimate of drug-likeness (QED) is 0.835. The van der Waals surface area contributed by atoms with Gasteiger partial charge in [0.25, 0.3) is 0 Å². The second-order valence-electron chi connectivity index (χ2n) is 6.42. The van der Waals surface area contributed by atoms with E-state index in [1.165, 1.54) is 6.26 Å². The summed E-state index contributed by atoms with van der Waals surface area (Å²) in [6.07, 6.45) is 6.94. The van der Waals surface area contributed by atoms with Crippen molar-refractivity contribution < 1.29 is 8.42 Å². The number of aryl methyl sites for hydroxylation is 1. The standard InChI is InChI=1S/C17H22ClN5O2S/c1-3-12-4-5-15(19-10-12)16-14(18)11-20-17(21-16)23-8-6-13(7-9-23)22-26(2,24)25/h4-5,10-11,13,22H,3,6-9H2,1-2H3. The van der Waals surface area contributed by atoms with Gasteiger partial charge in [-0.3, -0.25) is 4.98 Å². The first-order valence-electron chi connectivity index (χ1n) is 8.56. The van der Waals surface area contributed by atoms with Gasteiger partial charge in [0.05, 0.1) is 23.2 Å². The molecule has 26 heavy (non-hydrogen) atoms. The predicted molar refractivity (Wildman–Crippen MR) is 103 cm³/mol. The van der Waals surface area contributed by atoms with Crippen LogP contribution >= 0.6 is 11.6 Å². The van der Waals surface area contributed by atoms with Gasteiger partial charge in [-0.25, -0.2) is 23.1 Å². The first-order chi connectivity index (χ1) is 12.4. The van der Waals surface area contributed by atoms with Gasteiger partial charge in [0.1, 0.15) is 5.69 Å². The van der Waals surface area contributed by atoms with Crippen LogP contribution in [0.3, 0.4) is 0 Å². The van der Waals surface area contributed by atoms with Crippen molar-refractivity contribution in [3.63, 3.8) is 0 Å². The summed E-state index contributed by atoms with van der Waals surface area (Å²) < 4.78 is 25.4. The van der Waals surface area contributed by atoms with E-state index in [0.29, 0.717) is 48.3 Å². The smallest absolute Gasteiger partial charge is 0.226 e. The van der Waals surface area contributed by atoms with Gasteiger partial charge in [-0.15, -0.1) is 0 Å². The van der Waals surface area contributed by atoms with Crippen LogP contribution in [0, 0.1) is 0 Å². The first-order valence-corrected chi connectivity index (χ1v) is 10.8. The maximum atomic E-state index is 11.4. The Hall–Kier alpha value is -1.77. The Morgan fingerprint density at radius 1 is 1.23 bits per heavy atom.